The number of likely N-dealkylation sites (tertiary alicyclic amines) is 1. The molecule has 1 heterocycles. The minimum atomic E-state index is -0.00625. The summed E-state index contributed by atoms with van der Waals surface area (Å²) in [4.78, 5) is 14.4. The van der Waals surface area contributed by atoms with E-state index < -0.39 is 0 Å². The Morgan fingerprint density at radius 3 is 2.00 bits per heavy atom. The van der Waals surface area contributed by atoms with Gasteiger partial charge in [0.25, 0.3) is 0 Å². The van der Waals surface area contributed by atoms with Gasteiger partial charge in [-0.05, 0) is 29.9 Å². The molecule has 0 bridgehead atoms. The van der Waals surface area contributed by atoms with Crippen LogP contribution in [0.4, 0.5) is 4.79 Å². The maximum Gasteiger partial charge on any atom is 0.317 e. The number of nitrogens with one attached hydrogen (secondary N) is 1. The molecule has 25 heavy (non-hydrogen) atoms. The van der Waals surface area contributed by atoms with Crippen molar-refractivity contribution in [1.82, 2.24) is 10.2 Å². The average Bonchev–Trinajstić information content (AvgIpc) is 2.70. The first-order chi connectivity index (χ1) is 12.3. The maximum absolute atomic E-state index is 12.5. The lowest BCUT2D eigenvalue weighted by atomic mass is 9.91. The number of carbonyl (C=O) groups excluding carboxylic acids is 1. The number of hydrogen-bond donors (Lipinski definition) is 2. The number of hydrogen-bond acceptors (Lipinski definition) is 2. The van der Waals surface area contributed by atoms with Crippen molar-refractivity contribution in [1.29, 1.82) is 0 Å². The summed E-state index contributed by atoms with van der Waals surface area (Å²) in [6.07, 6.45) is 1.76. The standard InChI is InChI=1S/C21H26N2O2/c24-16-17-11-13-23(14-12-17)21(25)22-15-20(18-7-3-1-4-8-18)19-9-5-2-6-10-19/h1-10,17,20,24H,11-16H2,(H,22,25). The minimum Gasteiger partial charge on any atom is -0.396 e. The highest BCUT2D eigenvalue weighted by Gasteiger charge is 2.23. The highest BCUT2D eigenvalue weighted by molar-refractivity contribution is 5.74. The second kappa shape index (κ2) is 8.67. The summed E-state index contributed by atoms with van der Waals surface area (Å²) in [7, 11) is 0. The smallest absolute Gasteiger partial charge is 0.317 e. The Morgan fingerprint density at radius 1 is 1.00 bits per heavy atom. The molecule has 3 rings (SSSR count). The van der Waals surface area contributed by atoms with Crippen molar-refractivity contribution in [2.45, 2.75) is 18.8 Å². The van der Waals surface area contributed by atoms with Crippen LogP contribution < -0.4 is 5.32 Å². The predicted octanol–water partition coefficient (Wildman–Crippen LogP) is 3.23. The highest BCUT2D eigenvalue weighted by Crippen LogP contribution is 2.24. The molecular formula is C21H26N2O2. The quantitative estimate of drug-likeness (QED) is 0.879. The fourth-order valence-corrected chi connectivity index (χ4v) is 3.42. The third-order valence-electron chi connectivity index (χ3n) is 5.02. The molecule has 4 nitrogen and oxygen atoms in total. The van der Waals surface area contributed by atoms with E-state index in [1.54, 1.807) is 0 Å². The molecule has 0 saturated carbocycles. The van der Waals surface area contributed by atoms with E-state index in [1.807, 2.05) is 41.3 Å². The molecule has 0 aliphatic carbocycles. The number of amides is 2. The van der Waals surface area contributed by atoms with Crippen LogP contribution in [0.3, 0.4) is 0 Å². The van der Waals surface area contributed by atoms with Crippen molar-refractivity contribution in [3.63, 3.8) is 0 Å². The monoisotopic (exact) mass is 338 g/mol. The van der Waals surface area contributed by atoms with Gasteiger partial charge in [0.05, 0.1) is 0 Å². The number of nitrogens with zero attached hydrogens (tertiary/aromatic N) is 1. The van der Waals surface area contributed by atoms with Crippen LogP contribution >= 0.6 is 0 Å². The van der Waals surface area contributed by atoms with Gasteiger partial charge in [-0.3, -0.25) is 0 Å². The minimum absolute atomic E-state index is 0.00625. The Kier molecular flexibility index (Phi) is 6.07. The van der Waals surface area contributed by atoms with Gasteiger partial charge in [-0.15, -0.1) is 0 Å². The molecule has 132 valence electrons. The molecule has 4 heteroatoms. The fraction of sp³-hybridized carbons (Fsp3) is 0.381. The van der Waals surface area contributed by atoms with Crippen molar-refractivity contribution in [2.24, 2.45) is 5.92 Å². The summed E-state index contributed by atoms with van der Waals surface area (Å²) < 4.78 is 0. The molecule has 2 aromatic carbocycles. The molecule has 0 radical (unpaired) electrons. The molecule has 1 saturated heterocycles. The fourth-order valence-electron chi connectivity index (χ4n) is 3.42. The van der Waals surface area contributed by atoms with Gasteiger partial charge in [0.2, 0.25) is 0 Å². The van der Waals surface area contributed by atoms with E-state index in [2.05, 4.69) is 29.6 Å². The molecule has 1 aliphatic rings. The van der Waals surface area contributed by atoms with Crippen molar-refractivity contribution < 1.29 is 9.90 Å². The Bertz CT molecular complexity index is 613. The lowest BCUT2D eigenvalue weighted by Gasteiger charge is -2.31. The van der Waals surface area contributed by atoms with Crippen LogP contribution in [0, 0.1) is 5.92 Å². The van der Waals surface area contributed by atoms with Gasteiger partial charge < -0.3 is 15.3 Å². The molecule has 2 N–H and O–H groups in total. The van der Waals surface area contributed by atoms with Crippen LogP contribution in [-0.4, -0.2) is 42.3 Å². The lowest BCUT2D eigenvalue weighted by molar-refractivity contribution is 0.137. The van der Waals surface area contributed by atoms with Crippen LogP contribution in [0.5, 0.6) is 0 Å². The van der Waals surface area contributed by atoms with E-state index in [0.29, 0.717) is 12.5 Å². The second-order valence-electron chi connectivity index (χ2n) is 6.67. The first kappa shape index (κ1) is 17.5. The molecule has 1 fully saturated rings. The van der Waals surface area contributed by atoms with Gasteiger partial charge in [-0.25, -0.2) is 4.79 Å². The third-order valence-corrected chi connectivity index (χ3v) is 5.02. The first-order valence-electron chi connectivity index (χ1n) is 9.01. The predicted molar refractivity (Wildman–Crippen MR) is 99.5 cm³/mol. The first-order valence-corrected chi connectivity index (χ1v) is 9.01. The second-order valence-corrected chi connectivity index (χ2v) is 6.67. The van der Waals surface area contributed by atoms with Gasteiger partial charge in [0.1, 0.15) is 0 Å². The number of carbonyl (C=O) groups is 1. The lowest BCUT2D eigenvalue weighted by Crippen LogP contribution is -2.45. The number of benzene rings is 2. The third kappa shape index (κ3) is 4.60. The zero-order chi connectivity index (χ0) is 17.5. The van der Waals surface area contributed by atoms with Gasteiger partial charge in [-0.1, -0.05) is 60.7 Å². The molecule has 2 aromatic rings. The van der Waals surface area contributed by atoms with Crippen molar-refractivity contribution >= 4 is 6.03 Å². The summed E-state index contributed by atoms with van der Waals surface area (Å²) in [6.45, 7) is 2.24. The summed E-state index contributed by atoms with van der Waals surface area (Å²) in [6, 6.07) is 20.6. The van der Waals surface area contributed by atoms with Crippen molar-refractivity contribution in [3.8, 4) is 0 Å². The van der Waals surface area contributed by atoms with E-state index in [4.69, 9.17) is 0 Å². The summed E-state index contributed by atoms with van der Waals surface area (Å²) in [5.41, 5.74) is 2.40. The van der Waals surface area contributed by atoms with Crippen LogP contribution in [0.15, 0.2) is 60.7 Å². The highest BCUT2D eigenvalue weighted by atomic mass is 16.3. The van der Waals surface area contributed by atoms with Crippen LogP contribution in [-0.2, 0) is 0 Å². The van der Waals surface area contributed by atoms with Crippen molar-refractivity contribution in [3.05, 3.63) is 71.8 Å². The SMILES string of the molecule is O=C(NCC(c1ccccc1)c1ccccc1)N1CCC(CO)CC1. The van der Waals surface area contributed by atoms with Gasteiger partial charge >= 0.3 is 6.03 Å². The molecule has 0 atom stereocenters. The molecule has 0 unspecified atom stereocenters. The Morgan fingerprint density at radius 2 is 1.52 bits per heavy atom. The molecule has 2 amide bonds. The van der Waals surface area contributed by atoms with Gasteiger partial charge in [0, 0.05) is 32.2 Å². The molecule has 0 aromatic heterocycles. The van der Waals surface area contributed by atoms with E-state index in [0.717, 1.165) is 25.9 Å². The van der Waals surface area contributed by atoms with Crippen LogP contribution in [0.1, 0.15) is 29.9 Å². The zero-order valence-corrected chi connectivity index (χ0v) is 14.5. The van der Waals surface area contributed by atoms with Gasteiger partial charge in [0.15, 0.2) is 0 Å². The molecule has 1 aliphatic heterocycles. The van der Waals surface area contributed by atoms with E-state index in [9.17, 15) is 9.90 Å². The van der Waals surface area contributed by atoms with Crippen molar-refractivity contribution in [2.75, 3.05) is 26.2 Å². The normalized spacial score (nSPS) is 15.4. The number of aliphatic hydroxyl groups excluding tert-OH is 1. The number of aliphatic hydroxyl groups is 1. The number of urea groups is 1. The topological polar surface area (TPSA) is 52.6 Å². The van der Waals surface area contributed by atoms with Crippen LogP contribution in [0.2, 0.25) is 0 Å². The van der Waals surface area contributed by atoms with Crippen LogP contribution in [0.25, 0.3) is 0 Å². The number of piperidine rings is 1. The number of rotatable bonds is 5. The van der Waals surface area contributed by atoms with E-state index in [-0.39, 0.29) is 18.6 Å². The summed E-state index contributed by atoms with van der Waals surface area (Å²) >= 11 is 0. The summed E-state index contributed by atoms with van der Waals surface area (Å²) in [5, 5.41) is 12.3. The van der Waals surface area contributed by atoms with Gasteiger partial charge in [-0.2, -0.15) is 0 Å². The Balaban J connectivity index is 1.64. The molecule has 0 spiro atoms. The zero-order valence-electron chi connectivity index (χ0n) is 14.5. The summed E-state index contributed by atoms with van der Waals surface area (Å²) in [5.74, 6) is 0.478. The Hall–Kier alpha value is -2.33. The van der Waals surface area contributed by atoms with E-state index in [1.165, 1.54) is 11.1 Å². The maximum atomic E-state index is 12.5. The average molecular weight is 338 g/mol. The molecular weight excluding hydrogens is 312 g/mol. The largest absolute Gasteiger partial charge is 0.396 e. The Labute approximate surface area is 149 Å². The van der Waals surface area contributed by atoms with E-state index >= 15 is 0 Å².